The van der Waals surface area contributed by atoms with E-state index in [-0.39, 0.29) is 12.5 Å². The van der Waals surface area contributed by atoms with Crippen molar-refractivity contribution in [2.45, 2.75) is 13.5 Å². The zero-order valence-electron chi connectivity index (χ0n) is 20.1. The number of carbonyl (C=O) groups is 1. The minimum absolute atomic E-state index is 0.158. The number of methoxy groups -OCH3 is 1. The number of benzene rings is 3. The highest BCUT2D eigenvalue weighted by molar-refractivity contribution is 5.96. The van der Waals surface area contributed by atoms with E-state index in [0.717, 1.165) is 39.2 Å². The van der Waals surface area contributed by atoms with Gasteiger partial charge in [-0.15, -0.1) is 0 Å². The van der Waals surface area contributed by atoms with Crippen LogP contribution in [0.4, 0.5) is 0 Å². The van der Waals surface area contributed by atoms with Crippen molar-refractivity contribution < 1.29 is 14.3 Å². The first-order chi connectivity index (χ1) is 17.6. The van der Waals surface area contributed by atoms with Gasteiger partial charge in [0.2, 0.25) is 5.88 Å². The van der Waals surface area contributed by atoms with Gasteiger partial charge in [0.25, 0.3) is 5.91 Å². The third kappa shape index (κ3) is 4.90. The number of ether oxygens (including phenoxy) is 2. The maximum absolute atomic E-state index is 12.5. The van der Waals surface area contributed by atoms with Crippen LogP contribution >= 0.6 is 0 Å². The standard InChI is InChI=1S/C29H26N4O3/c1-20-28-25(22-11-5-3-6-12-22)17-27(31-29(28)33(32-20)23-13-7-4-8-14-23)36-19-26(34)30-18-21-10-9-15-24(16-21)35-2/h3-17H,18-19H2,1-2H3,(H,30,34). The Bertz CT molecular complexity index is 1500. The molecule has 5 aromatic rings. The molecule has 0 spiro atoms. The summed E-state index contributed by atoms with van der Waals surface area (Å²) in [7, 11) is 1.62. The Hall–Kier alpha value is -4.65. The number of nitrogens with zero attached hydrogens (tertiary/aromatic N) is 3. The Balaban J connectivity index is 1.43. The van der Waals surface area contributed by atoms with E-state index in [9.17, 15) is 4.79 Å². The molecule has 2 heterocycles. The van der Waals surface area contributed by atoms with Crippen molar-refractivity contribution in [3.8, 4) is 28.4 Å². The highest BCUT2D eigenvalue weighted by atomic mass is 16.5. The minimum Gasteiger partial charge on any atom is -0.497 e. The topological polar surface area (TPSA) is 78.3 Å². The van der Waals surface area contributed by atoms with E-state index in [2.05, 4.69) is 5.32 Å². The van der Waals surface area contributed by atoms with Crippen LogP contribution in [-0.2, 0) is 11.3 Å². The molecule has 0 aliphatic carbocycles. The highest BCUT2D eigenvalue weighted by Gasteiger charge is 2.18. The van der Waals surface area contributed by atoms with Gasteiger partial charge in [-0.25, -0.2) is 4.68 Å². The Morgan fingerprint density at radius 3 is 2.44 bits per heavy atom. The van der Waals surface area contributed by atoms with Gasteiger partial charge < -0.3 is 14.8 Å². The molecule has 0 fully saturated rings. The lowest BCUT2D eigenvalue weighted by Gasteiger charge is -2.11. The molecule has 2 aromatic heterocycles. The fourth-order valence-corrected chi connectivity index (χ4v) is 4.11. The second-order valence-corrected chi connectivity index (χ2v) is 8.32. The van der Waals surface area contributed by atoms with Gasteiger partial charge in [0.1, 0.15) is 5.75 Å². The summed E-state index contributed by atoms with van der Waals surface area (Å²) in [6.45, 7) is 2.19. The molecule has 5 rings (SSSR count). The number of aromatic nitrogens is 3. The summed E-state index contributed by atoms with van der Waals surface area (Å²) in [5.41, 5.74) is 5.35. The number of carbonyl (C=O) groups excluding carboxylic acids is 1. The molecule has 0 bridgehead atoms. The molecule has 7 heteroatoms. The zero-order chi connectivity index (χ0) is 24.9. The molecule has 3 aromatic carbocycles. The Morgan fingerprint density at radius 2 is 1.69 bits per heavy atom. The first-order valence-corrected chi connectivity index (χ1v) is 11.7. The predicted octanol–water partition coefficient (Wildman–Crippen LogP) is 5.10. The van der Waals surface area contributed by atoms with Crippen LogP contribution in [0.5, 0.6) is 11.6 Å². The molecule has 0 aliphatic heterocycles. The van der Waals surface area contributed by atoms with Crippen molar-refractivity contribution in [1.82, 2.24) is 20.1 Å². The van der Waals surface area contributed by atoms with Gasteiger partial charge in [0.05, 0.1) is 23.9 Å². The van der Waals surface area contributed by atoms with E-state index >= 15 is 0 Å². The lowest BCUT2D eigenvalue weighted by molar-refractivity contribution is -0.123. The highest BCUT2D eigenvalue weighted by Crippen LogP contribution is 2.34. The van der Waals surface area contributed by atoms with E-state index in [1.807, 2.05) is 103 Å². The molecule has 0 unspecified atom stereocenters. The van der Waals surface area contributed by atoms with Crippen LogP contribution in [0.1, 0.15) is 11.3 Å². The van der Waals surface area contributed by atoms with Gasteiger partial charge in [-0.1, -0.05) is 60.7 Å². The average Bonchev–Trinajstić information content (AvgIpc) is 3.27. The maximum Gasteiger partial charge on any atom is 0.258 e. The van der Waals surface area contributed by atoms with Crippen molar-refractivity contribution in [1.29, 1.82) is 0 Å². The fourth-order valence-electron chi connectivity index (χ4n) is 4.11. The average molecular weight is 479 g/mol. The van der Waals surface area contributed by atoms with Crippen molar-refractivity contribution >= 4 is 16.9 Å². The quantitative estimate of drug-likeness (QED) is 0.336. The van der Waals surface area contributed by atoms with Crippen LogP contribution in [0.25, 0.3) is 27.8 Å². The molecule has 0 aliphatic rings. The van der Waals surface area contributed by atoms with E-state index in [1.54, 1.807) is 7.11 Å². The molecule has 1 amide bonds. The van der Waals surface area contributed by atoms with Gasteiger partial charge in [-0.2, -0.15) is 10.1 Å². The van der Waals surface area contributed by atoms with Gasteiger partial charge in [0, 0.05) is 12.6 Å². The molecule has 7 nitrogen and oxygen atoms in total. The third-order valence-corrected chi connectivity index (χ3v) is 5.85. The van der Waals surface area contributed by atoms with Gasteiger partial charge in [0.15, 0.2) is 12.3 Å². The van der Waals surface area contributed by atoms with Crippen LogP contribution in [0, 0.1) is 6.92 Å². The van der Waals surface area contributed by atoms with E-state index in [4.69, 9.17) is 19.6 Å². The summed E-state index contributed by atoms with van der Waals surface area (Å²) in [5, 5.41) is 8.59. The molecule has 180 valence electrons. The van der Waals surface area contributed by atoms with Gasteiger partial charge in [-0.05, 0) is 47.9 Å². The number of fused-ring (bicyclic) bond motifs is 1. The Kier molecular flexibility index (Phi) is 6.62. The smallest absolute Gasteiger partial charge is 0.258 e. The predicted molar refractivity (Wildman–Crippen MR) is 139 cm³/mol. The SMILES string of the molecule is COc1cccc(CNC(=O)COc2cc(-c3ccccc3)c3c(C)nn(-c4ccccc4)c3n2)c1. The molecule has 36 heavy (non-hydrogen) atoms. The summed E-state index contributed by atoms with van der Waals surface area (Å²) >= 11 is 0. The number of hydrogen-bond donors (Lipinski definition) is 1. The van der Waals surface area contributed by atoms with Crippen LogP contribution in [0.2, 0.25) is 0 Å². The van der Waals surface area contributed by atoms with Gasteiger partial charge >= 0.3 is 0 Å². The summed E-state index contributed by atoms with van der Waals surface area (Å²) < 4.78 is 12.9. The maximum atomic E-state index is 12.5. The van der Waals surface area contributed by atoms with Crippen LogP contribution < -0.4 is 14.8 Å². The first kappa shape index (κ1) is 23.1. The number of nitrogens with one attached hydrogen (secondary N) is 1. The Morgan fingerprint density at radius 1 is 0.944 bits per heavy atom. The van der Waals surface area contributed by atoms with E-state index in [0.29, 0.717) is 18.1 Å². The van der Waals surface area contributed by atoms with Crippen molar-refractivity contribution in [3.05, 3.63) is 102 Å². The van der Waals surface area contributed by atoms with Crippen LogP contribution in [-0.4, -0.2) is 34.4 Å². The van der Waals surface area contributed by atoms with Gasteiger partial charge in [-0.3, -0.25) is 4.79 Å². The minimum atomic E-state index is -0.242. The summed E-state index contributed by atoms with van der Waals surface area (Å²) in [6.07, 6.45) is 0. The normalized spacial score (nSPS) is 10.8. The van der Waals surface area contributed by atoms with Crippen LogP contribution in [0.15, 0.2) is 91.0 Å². The lowest BCUT2D eigenvalue weighted by atomic mass is 10.0. The molecular weight excluding hydrogens is 452 g/mol. The summed E-state index contributed by atoms with van der Waals surface area (Å²) in [5.74, 6) is 0.859. The summed E-state index contributed by atoms with van der Waals surface area (Å²) in [6, 6.07) is 29.3. The van der Waals surface area contributed by atoms with E-state index < -0.39 is 0 Å². The Labute approximate surface area is 209 Å². The molecule has 0 radical (unpaired) electrons. The third-order valence-electron chi connectivity index (χ3n) is 5.85. The fraction of sp³-hybridized carbons (Fsp3) is 0.138. The second-order valence-electron chi connectivity index (χ2n) is 8.32. The monoisotopic (exact) mass is 478 g/mol. The van der Waals surface area contributed by atoms with Crippen molar-refractivity contribution in [3.63, 3.8) is 0 Å². The van der Waals surface area contributed by atoms with E-state index in [1.165, 1.54) is 0 Å². The first-order valence-electron chi connectivity index (χ1n) is 11.7. The molecule has 0 saturated carbocycles. The molecule has 1 N–H and O–H groups in total. The number of hydrogen-bond acceptors (Lipinski definition) is 5. The van der Waals surface area contributed by atoms with Crippen molar-refractivity contribution in [2.75, 3.05) is 13.7 Å². The number of pyridine rings is 1. The van der Waals surface area contributed by atoms with Crippen molar-refractivity contribution in [2.24, 2.45) is 0 Å². The molecule has 0 atom stereocenters. The zero-order valence-corrected chi connectivity index (χ0v) is 20.1. The second kappa shape index (κ2) is 10.3. The molecular formula is C29H26N4O3. The number of para-hydroxylation sites is 1. The number of rotatable bonds is 8. The number of amides is 1. The summed E-state index contributed by atoms with van der Waals surface area (Å²) in [4.78, 5) is 17.3. The largest absolute Gasteiger partial charge is 0.497 e. The lowest BCUT2D eigenvalue weighted by Crippen LogP contribution is -2.28. The molecule has 0 saturated heterocycles. The number of aryl methyl sites for hydroxylation is 1. The van der Waals surface area contributed by atoms with Crippen LogP contribution in [0.3, 0.4) is 0 Å².